The normalized spacial score (nSPS) is 37.6. The van der Waals surface area contributed by atoms with Gasteiger partial charge >= 0.3 is 0 Å². The summed E-state index contributed by atoms with van der Waals surface area (Å²) in [5.74, 6) is 3.08. The van der Waals surface area contributed by atoms with E-state index in [0.717, 1.165) is 23.7 Å². The number of rotatable bonds is 1. The third-order valence-electron chi connectivity index (χ3n) is 6.60. The van der Waals surface area contributed by atoms with Crippen molar-refractivity contribution in [2.45, 2.75) is 51.4 Å². The van der Waals surface area contributed by atoms with E-state index in [-0.39, 0.29) is 0 Å². The Bertz CT molecular complexity index is 591. The van der Waals surface area contributed by atoms with Crippen LogP contribution in [0, 0.1) is 17.3 Å². The molecule has 2 saturated carbocycles. The molecule has 0 heterocycles. The summed E-state index contributed by atoms with van der Waals surface area (Å²) < 4.78 is 5.30. The number of ketones is 1. The van der Waals surface area contributed by atoms with E-state index in [1.54, 1.807) is 7.11 Å². The second-order valence-corrected chi connectivity index (χ2v) is 7.54. The maximum Gasteiger partial charge on any atom is 0.163 e. The molecule has 4 rings (SSSR count). The van der Waals surface area contributed by atoms with Crippen LogP contribution in [0.4, 0.5) is 0 Å². The first kappa shape index (κ1) is 13.4. The number of benzene rings is 1. The third kappa shape index (κ3) is 1.88. The van der Waals surface area contributed by atoms with Crippen LogP contribution in [0.25, 0.3) is 0 Å². The van der Waals surface area contributed by atoms with Crippen molar-refractivity contribution in [2.75, 3.05) is 7.11 Å². The van der Waals surface area contributed by atoms with Gasteiger partial charge in [0.25, 0.3) is 0 Å². The maximum absolute atomic E-state index is 12.6. The molecule has 3 aliphatic rings. The quantitative estimate of drug-likeness (QED) is 0.754. The van der Waals surface area contributed by atoms with Crippen LogP contribution in [0.5, 0.6) is 5.75 Å². The number of methoxy groups -OCH3 is 1. The predicted octanol–water partition coefficient (Wildman–Crippen LogP) is 4.58. The fourth-order valence-corrected chi connectivity index (χ4v) is 5.50. The van der Waals surface area contributed by atoms with Gasteiger partial charge in [-0.15, -0.1) is 0 Å². The second-order valence-electron chi connectivity index (χ2n) is 7.54. The number of carbonyl (C=O) groups excluding carboxylic acids is 1. The molecule has 2 fully saturated rings. The van der Waals surface area contributed by atoms with Crippen molar-refractivity contribution in [3.63, 3.8) is 0 Å². The minimum Gasteiger partial charge on any atom is -0.497 e. The lowest BCUT2D eigenvalue weighted by Crippen LogP contribution is -2.41. The summed E-state index contributed by atoms with van der Waals surface area (Å²) in [5.41, 5.74) is 2.73. The van der Waals surface area contributed by atoms with Gasteiger partial charge in [0, 0.05) is 12.0 Å². The van der Waals surface area contributed by atoms with Gasteiger partial charge in [0.15, 0.2) is 5.78 Å². The smallest absolute Gasteiger partial charge is 0.163 e. The fraction of sp³-hybridized carbons (Fsp3) is 0.632. The second kappa shape index (κ2) is 4.59. The molecular formula is C19H24O2. The highest BCUT2D eigenvalue weighted by Gasteiger charge is 2.51. The Labute approximate surface area is 126 Å². The van der Waals surface area contributed by atoms with Crippen molar-refractivity contribution < 1.29 is 9.53 Å². The summed E-state index contributed by atoms with van der Waals surface area (Å²) in [6.07, 6.45) is 7.39. The lowest BCUT2D eigenvalue weighted by Gasteiger charge is -2.48. The molecule has 21 heavy (non-hydrogen) atoms. The largest absolute Gasteiger partial charge is 0.497 e. The highest BCUT2D eigenvalue weighted by molar-refractivity contribution is 5.99. The highest BCUT2D eigenvalue weighted by atomic mass is 16.5. The number of carbonyl (C=O) groups is 1. The minimum absolute atomic E-state index is 0.335. The Kier molecular flexibility index (Phi) is 2.92. The average Bonchev–Trinajstić information content (AvgIpc) is 2.89. The summed E-state index contributed by atoms with van der Waals surface area (Å²) in [4.78, 5) is 12.6. The van der Waals surface area contributed by atoms with Crippen molar-refractivity contribution in [1.29, 1.82) is 0 Å². The average molecular weight is 284 g/mol. The summed E-state index contributed by atoms with van der Waals surface area (Å²) in [5, 5.41) is 0. The molecular weight excluding hydrogens is 260 g/mol. The van der Waals surface area contributed by atoms with Crippen LogP contribution in [0.2, 0.25) is 0 Å². The van der Waals surface area contributed by atoms with E-state index < -0.39 is 0 Å². The van der Waals surface area contributed by atoms with Crippen LogP contribution in [0.1, 0.15) is 67.3 Å². The molecule has 1 aromatic rings. The zero-order chi connectivity index (χ0) is 14.6. The van der Waals surface area contributed by atoms with Crippen molar-refractivity contribution in [1.82, 2.24) is 0 Å². The Morgan fingerprint density at radius 2 is 2.10 bits per heavy atom. The van der Waals surface area contributed by atoms with E-state index in [2.05, 4.69) is 13.0 Å². The van der Waals surface area contributed by atoms with Crippen molar-refractivity contribution in [3.8, 4) is 5.75 Å². The maximum atomic E-state index is 12.6. The van der Waals surface area contributed by atoms with Crippen LogP contribution in [0.15, 0.2) is 18.2 Å². The monoisotopic (exact) mass is 284 g/mol. The Balaban J connectivity index is 1.75. The van der Waals surface area contributed by atoms with Gasteiger partial charge in [-0.05, 0) is 66.5 Å². The molecule has 1 aromatic carbocycles. The molecule has 2 heteroatoms. The first-order chi connectivity index (χ1) is 10.1. The lowest BCUT2D eigenvalue weighted by molar-refractivity contribution is 0.0527. The molecule has 0 unspecified atom stereocenters. The number of hydrogen-bond acceptors (Lipinski definition) is 2. The fourth-order valence-electron chi connectivity index (χ4n) is 5.50. The van der Waals surface area contributed by atoms with Gasteiger partial charge in [-0.25, -0.2) is 0 Å². The summed E-state index contributed by atoms with van der Waals surface area (Å²) >= 11 is 0. The lowest BCUT2D eigenvalue weighted by atomic mass is 9.55. The summed E-state index contributed by atoms with van der Waals surface area (Å²) in [6, 6.07) is 6.13. The number of fused-ring (bicyclic) bond motifs is 5. The van der Waals surface area contributed by atoms with E-state index in [4.69, 9.17) is 4.74 Å². The minimum atomic E-state index is 0.335. The van der Waals surface area contributed by atoms with Crippen molar-refractivity contribution in [2.24, 2.45) is 17.3 Å². The first-order valence-electron chi connectivity index (χ1n) is 8.33. The molecule has 4 atom stereocenters. The third-order valence-corrected chi connectivity index (χ3v) is 6.60. The van der Waals surface area contributed by atoms with E-state index in [9.17, 15) is 4.79 Å². The van der Waals surface area contributed by atoms with E-state index in [0.29, 0.717) is 23.0 Å². The molecule has 0 N–H and O–H groups in total. The van der Waals surface area contributed by atoms with Gasteiger partial charge in [0.05, 0.1) is 7.11 Å². The molecule has 0 aromatic heterocycles. The summed E-state index contributed by atoms with van der Waals surface area (Å²) in [6.45, 7) is 2.47. The van der Waals surface area contributed by atoms with Crippen LogP contribution in [-0.2, 0) is 0 Å². The molecule has 0 spiro atoms. The SMILES string of the molecule is COc1ccc2c(c1)C(=O)C[C@@H]1[C@@H]2CC[C@]2(C)CCC[C@@H]12. The van der Waals surface area contributed by atoms with Crippen LogP contribution in [0.3, 0.4) is 0 Å². The number of Topliss-reactive ketones (excluding diaryl/α,β-unsaturated/α-hetero) is 1. The molecule has 0 saturated heterocycles. The topological polar surface area (TPSA) is 26.3 Å². The zero-order valence-electron chi connectivity index (χ0n) is 13.0. The van der Waals surface area contributed by atoms with Crippen molar-refractivity contribution >= 4 is 5.78 Å². The molecule has 2 nitrogen and oxygen atoms in total. The van der Waals surface area contributed by atoms with Gasteiger partial charge in [0.2, 0.25) is 0 Å². The molecule has 0 radical (unpaired) electrons. The van der Waals surface area contributed by atoms with Crippen molar-refractivity contribution in [3.05, 3.63) is 29.3 Å². The first-order valence-corrected chi connectivity index (χ1v) is 8.33. The Morgan fingerprint density at radius 3 is 2.90 bits per heavy atom. The summed E-state index contributed by atoms with van der Waals surface area (Å²) in [7, 11) is 1.67. The number of ether oxygens (including phenoxy) is 1. The Hall–Kier alpha value is -1.31. The number of hydrogen-bond donors (Lipinski definition) is 0. The highest BCUT2D eigenvalue weighted by Crippen LogP contribution is 2.60. The zero-order valence-corrected chi connectivity index (χ0v) is 13.0. The van der Waals surface area contributed by atoms with Gasteiger partial charge in [-0.2, -0.15) is 0 Å². The van der Waals surface area contributed by atoms with Gasteiger partial charge in [-0.3, -0.25) is 4.79 Å². The molecule has 3 aliphatic carbocycles. The molecule has 0 aliphatic heterocycles. The van der Waals surface area contributed by atoms with Crippen LogP contribution < -0.4 is 4.74 Å². The van der Waals surface area contributed by atoms with Crippen LogP contribution in [-0.4, -0.2) is 12.9 Å². The van der Waals surface area contributed by atoms with Gasteiger partial charge in [-0.1, -0.05) is 19.4 Å². The predicted molar refractivity (Wildman–Crippen MR) is 82.9 cm³/mol. The Morgan fingerprint density at radius 1 is 1.24 bits per heavy atom. The van der Waals surface area contributed by atoms with Gasteiger partial charge in [0.1, 0.15) is 5.75 Å². The molecule has 112 valence electrons. The molecule has 0 amide bonds. The molecule has 0 bridgehead atoms. The standard InChI is InChI=1S/C19H24O2/c1-19-8-3-4-17(19)15-11-18(20)16-10-12(21-2)5-6-13(16)14(15)7-9-19/h5-6,10,14-15,17H,3-4,7-9,11H2,1-2H3/t14-,15-,17+,19+/m1/s1. The van der Waals surface area contributed by atoms with Crippen LogP contribution >= 0.6 is 0 Å². The van der Waals surface area contributed by atoms with E-state index in [1.165, 1.54) is 37.7 Å². The van der Waals surface area contributed by atoms with E-state index in [1.807, 2.05) is 12.1 Å². The van der Waals surface area contributed by atoms with Gasteiger partial charge < -0.3 is 4.74 Å². The van der Waals surface area contributed by atoms with E-state index >= 15 is 0 Å².